The molecule has 2 nitrogen and oxygen atoms in total. The number of fused-ring (bicyclic) bond motifs is 1. The Balaban J connectivity index is 2.21. The van der Waals surface area contributed by atoms with Gasteiger partial charge in [0.2, 0.25) is 0 Å². The first-order valence-electron chi connectivity index (χ1n) is 6.61. The van der Waals surface area contributed by atoms with E-state index in [2.05, 4.69) is 26.0 Å². The highest BCUT2D eigenvalue weighted by Crippen LogP contribution is 2.35. The van der Waals surface area contributed by atoms with Crippen LogP contribution in [0.5, 0.6) is 0 Å². The molecule has 0 aromatic rings. The van der Waals surface area contributed by atoms with E-state index in [-0.39, 0.29) is 18.0 Å². The average molecular weight is 234 g/mol. The molecule has 1 fully saturated rings. The normalized spacial score (nSPS) is 37.6. The zero-order valence-corrected chi connectivity index (χ0v) is 11.0. The maximum absolute atomic E-state index is 11.7. The molecule has 1 aliphatic carbocycles. The Bertz CT molecular complexity index is 365. The van der Waals surface area contributed by atoms with Crippen molar-refractivity contribution in [2.24, 2.45) is 11.8 Å². The molecule has 0 aromatic heterocycles. The van der Waals surface area contributed by atoms with E-state index in [1.807, 2.05) is 6.92 Å². The van der Waals surface area contributed by atoms with E-state index in [4.69, 9.17) is 4.74 Å². The minimum Gasteiger partial charge on any atom is -0.458 e. The summed E-state index contributed by atoms with van der Waals surface area (Å²) >= 11 is 0. The van der Waals surface area contributed by atoms with E-state index in [0.717, 1.165) is 25.7 Å². The van der Waals surface area contributed by atoms with Crippen LogP contribution in [0.25, 0.3) is 0 Å². The number of hydrogen-bond donors (Lipinski definition) is 0. The van der Waals surface area contributed by atoms with Crippen molar-refractivity contribution in [3.63, 3.8) is 0 Å². The van der Waals surface area contributed by atoms with Gasteiger partial charge in [-0.2, -0.15) is 0 Å². The molecule has 0 N–H and O–H groups in total. The van der Waals surface area contributed by atoms with Gasteiger partial charge in [0, 0.05) is 5.92 Å². The molecule has 2 heteroatoms. The van der Waals surface area contributed by atoms with E-state index in [1.54, 1.807) is 0 Å². The Morgan fingerprint density at radius 3 is 2.76 bits per heavy atom. The van der Waals surface area contributed by atoms with Crippen LogP contribution in [0, 0.1) is 11.8 Å². The molecular weight excluding hydrogens is 212 g/mol. The molecule has 1 heterocycles. The number of allylic oxidation sites excluding steroid dienone is 3. The van der Waals surface area contributed by atoms with Crippen molar-refractivity contribution in [2.75, 3.05) is 0 Å². The summed E-state index contributed by atoms with van der Waals surface area (Å²) in [5.74, 6) is 0.389. The van der Waals surface area contributed by atoms with Gasteiger partial charge in [-0.05, 0) is 45.6 Å². The Morgan fingerprint density at radius 2 is 2.00 bits per heavy atom. The molecular formula is C15H22O2. The van der Waals surface area contributed by atoms with Gasteiger partial charge in [0.25, 0.3) is 0 Å². The summed E-state index contributed by atoms with van der Waals surface area (Å²) in [4.78, 5) is 11.7. The molecule has 17 heavy (non-hydrogen) atoms. The topological polar surface area (TPSA) is 26.3 Å². The van der Waals surface area contributed by atoms with E-state index in [1.165, 1.54) is 11.1 Å². The fourth-order valence-corrected chi connectivity index (χ4v) is 2.77. The van der Waals surface area contributed by atoms with Gasteiger partial charge in [-0.3, -0.25) is 4.79 Å². The largest absolute Gasteiger partial charge is 0.458 e. The van der Waals surface area contributed by atoms with Crippen LogP contribution in [0.3, 0.4) is 0 Å². The lowest BCUT2D eigenvalue weighted by atomic mass is 9.85. The van der Waals surface area contributed by atoms with Crippen molar-refractivity contribution in [3.8, 4) is 0 Å². The molecule has 0 radical (unpaired) electrons. The number of hydrogen-bond acceptors (Lipinski definition) is 2. The standard InChI is InChI=1S/C15H22O2/c1-10-5-4-6-11(2)9-14-13(8-7-10)12(3)15(16)17-14/h5,9,12-14H,4,6-8H2,1-3H3/b10-5?,11-9+/t12-,13-,14+/m0/s1. The average Bonchev–Trinajstić information content (AvgIpc) is 2.52. The molecule has 2 aliphatic rings. The molecule has 0 unspecified atom stereocenters. The number of ether oxygens (including phenoxy) is 1. The molecule has 0 spiro atoms. The molecule has 94 valence electrons. The monoisotopic (exact) mass is 234 g/mol. The number of esters is 1. The number of rotatable bonds is 0. The third kappa shape index (κ3) is 2.80. The lowest BCUT2D eigenvalue weighted by Crippen LogP contribution is -2.18. The van der Waals surface area contributed by atoms with Crippen LogP contribution in [0.1, 0.15) is 46.5 Å². The van der Waals surface area contributed by atoms with Gasteiger partial charge in [0.1, 0.15) is 6.10 Å². The van der Waals surface area contributed by atoms with Crippen LogP contribution in [0.4, 0.5) is 0 Å². The van der Waals surface area contributed by atoms with Gasteiger partial charge in [-0.25, -0.2) is 0 Å². The molecule has 0 bridgehead atoms. The minimum atomic E-state index is -0.0232. The van der Waals surface area contributed by atoms with Gasteiger partial charge >= 0.3 is 5.97 Å². The summed E-state index contributed by atoms with van der Waals surface area (Å²) < 4.78 is 5.48. The molecule has 0 saturated carbocycles. The summed E-state index contributed by atoms with van der Waals surface area (Å²) in [6, 6.07) is 0. The van der Waals surface area contributed by atoms with Gasteiger partial charge in [0.15, 0.2) is 0 Å². The summed E-state index contributed by atoms with van der Waals surface area (Å²) in [5, 5.41) is 0. The number of carbonyl (C=O) groups is 1. The lowest BCUT2D eigenvalue weighted by molar-refractivity contribution is -0.142. The van der Waals surface area contributed by atoms with Crippen LogP contribution in [0.2, 0.25) is 0 Å². The van der Waals surface area contributed by atoms with E-state index in [0.29, 0.717) is 5.92 Å². The fraction of sp³-hybridized carbons (Fsp3) is 0.667. The van der Waals surface area contributed by atoms with Gasteiger partial charge < -0.3 is 4.74 Å². The smallest absolute Gasteiger partial charge is 0.309 e. The van der Waals surface area contributed by atoms with E-state index < -0.39 is 0 Å². The zero-order chi connectivity index (χ0) is 12.4. The second kappa shape index (κ2) is 5.07. The van der Waals surface area contributed by atoms with Crippen molar-refractivity contribution in [2.45, 2.75) is 52.6 Å². The first kappa shape index (κ1) is 12.4. The quantitative estimate of drug-likeness (QED) is 0.472. The predicted molar refractivity (Wildman–Crippen MR) is 68.5 cm³/mol. The highest BCUT2D eigenvalue weighted by Gasteiger charge is 2.40. The second-order valence-corrected chi connectivity index (χ2v) is 5.49. The van der Waals surface area contributed by atoms with Crippen LogP contribution < -0.4 is 0 Å². The Hall–Kier alpha value is -1.05. The maximum atomic E-state index is 11.7. The Morgan fingerprint density at radius 1 is 1.24 bits per heavy atom. The third-order valence-corrected chi connectivity index (χ3v) is 4.04. The van der Waals surface area contributed by atoms with Gasteiger partial charge in [-0.15, -0.1) is 0 Å². The molecule has 3 atom stereocenters. The highest BCUT2D eigenvalue weighted by atomic mass is 16.6. The van der Waals surface area contributed by atoms with Crippen molar-refractivity contribution >= 4 is 5.97 Å². The first-order valence-corrected chi connectivity index (χ1v) is 6.61. The van der Waals surface area contributed by atoms with Crippen LogP contribution in [-0.4, -0.2) is 12.1 Å². The van der Waals surface area contributed by atoms with Gasteiger partial charge in [0.05, 0.1) is 5.92 Å². The molecule has 0 aromatic carbocycles. The molecule has 2 rings (SSSR count). The van der Waals surface area contributed by atoms with Crippen molar-refractivity contribution < 1.29 is 9.53 Å². The van der Waals surface area contributed by atoms with Gasteiger partial charge in [-0.1, -0.05) is 24.1 Å². The Kier molecular flexibility index (Phi) is 3.70. The van der Waals surface area contributed by atoms with Crippen LogP contribution in [0.15, 0.2) is 23.3 Å². The SMILES string of the molecule is CC1=CCC/C(C)=C/[C@H]2OC(=O)[C@@H](C)[C@@H]2CC1. The van der Waals surface area contributed by atoms with Crippen LogP contribution >= 0.6 is 0 Å². The summed E-state index contributed by atoms with van der Waals surface area (Å²) in [6.07, 6.45) is 8.85. The first-order chi connectivity index (χ1) is 8.08. The summed E-state index contributed by atoms with van der Waals surface area (Å²) in [7, 11) is 0. The van der Waals surface area contributed by atoms with Crippen LogP contribution in [-0.2, 0) is 9.53 Å². The minimum absolute atomic E-state index is 0.0170. The Labute approximate surface area is 104 Å². The highest BCUT2D eigenvalue weighted by molar-refractivity contribution is 5.75. The number of carbonyl (C=O) groups excluding carboxylic acids is 1. The lowest BCUT2D eigenvalue weighted by Gasteiger charge is -2.19. The van der Waals surface area contributed by atoms with E-state index >= 15 is 0 Å². The van der Waals surface area contributed by atoms with Crippen molar-refractivity contribution in [1.82, 2.24) is 0 Å². The third-order valence-electron chi connectivity index (χ3n) is 4.04. The van der Waals surface area contributed by atoms with Crippen molar-refractivity contribution in [1.29, 1.82) is 0 Å². The predicted octanol–water partition coefficient (Wildman–Crippen LogP) is 3.63. The fourth-order valence-electron chi connectivity index (χ4n) is 2.77. The summed E-state index contributed by atoms with van der Waals surface area (Å²) in [6.45, 7) is 6.33. The molecule has 1 aliphatic heterocycles. The van der Waals surface area contributed by atoms with E-state index in [9.17, 15) is 4.79 Å². The summed E-state index contributed by atoms with van der Waals surface area (Å²) in [5.41, 5.74) is 2.79. The van der Waals surface area contributed by atoms with Crippen molar-refractivity contribution in [3.05, 3.63) is 23.3 Å². The zero-order valence-electron chi connectivity index (χ0n) is 11.0. The second-order valence-electron chi connectivity index (χ2n) is 5.49. The maximum Gasteiger partial charge on any atom is 0.309 e. The molecule has 1 saturated heterocycles. The molecule has 0 amide bonds.